The Morgan fingerprint density at radius 1 is 1.04 bits per heavy atom. The van der Waals surface area contributed by atoms with Crippen LogP contribution in [0.1, 0.15) is 78.9 Å². The average Bonchev–Trinajstić information content (AvgIpc) is 3.47. The molecule has 3 aliphatic rings. The van der Waals surface area contributed by atoms with Gasteiger partial charge in [0.2, 0.25) is 0 Å². The molecule has 3 heterocycles. The number of aliphatic hydroxyl groups excluding tert-OH is 3. The lowest BCUT2D eigenvalue weighted by Gasteiger charge is -2.47. The Bertz CT molecular complexity index is 1310. The molecule has 1 aromatic carbocycles. The highest BCUT2D eigenvalue weighted by Gasteiger charge is 2.55. The Balaban J connectivity index is 1.64. The number of esters is 1. The third kappa shape index (κ3) is 7.82. The number of hydrogen-bond acceptors (Lipinski definition) is 11. The molecule has 2 bridgehead atoms. The van der Waals surface area contributed by atoms with Gasteiger partial charge in [-0.3, -0.25) is 14.5 Å². The molecular formula is C37H55NO10. The minimum atomic E-state index is -1.92. The molecule has 1 aromatic rings. The molecule has 0 amide bonds. The van der Waals surface area contributed by atoms with Crippen molar-refractivity contribution in [1.29, 1.82) is 0 Å². The minimum Gasteiger partial charge on any atom is -0.459 e. The predicted molar refractivity (Wildman–Crippen MR) is 177 cm³/mol. The van der Waals surface area contributed by atoms with Crippen LogP contribution in [-0.2, 0) is 35.1 Å². The molecule has 3 aliphatic heterocycles. The van der Waals surface area contributed by atoms with Crippen molar-refractivity contribution in [2.24, 2.45) is 23.7 Å². The highest BCUT2D eigenvalue weighted by atomic mass is 16.7. The fourth-order valence-electron chi connectivity index (χ4n) is 7.80. The fraction of sp³-hybridized carbons (Fsp3) is 0.730. The molecule has 0 spiro atoms. The van der Waals surface area contributed by atoms with E-state index in [0.29, 0.717) is 13.0 Å². The Kier molecular flexibility index (Phi) is 12.2. The molecule has 0 radical (unpaired) electrons. The zero-order valence-electron chi connectivity index (χ0n) is 29.5. The first kappa shape index (κ1) is 38.4. The van der Waals surface area contributed by atoms with Gasteiger partial charge >= 0.3 is 5.97 Å². The van der Waals surface area contributed by atoms with Gasteiger partial charge in [0.25, 0.3) is 0 Å². The summed E-state index contributed by atoms with van der Waals surface area (Å²) in [6, 6.07) is 7.33. The van der Waals surface area contributed by atoms with E-state index in [1.165, 1.54) is 13.8 Å². The number of terminal acetylenes is 1. The minimum absolute atomic E-state index is 0.0354. The zero-order chi connectivity index (χ0) is 35.7. The van der Waals surface area contributed by atoms with Crippen molar-refractivity contribution in [3.05, 3.63) is 35.4 Å². The third-order valence-electron chi connectivity index (χ3n) is 11.0. The number of hydrogen-bond donors (Lipinski definition) is 4. The lowest BCUT2D eigenvalue weighted by atomic mass is 9.75. The van der Waals surface area contributed by atoms with E-state index < -0.39 is 77.7 Å². The summed E-state index contributed by atoms with van der Waals surface area (Å²) in [6.07, 6.45) is -0.945. The van der Waals surface area contributed by atoms with E-state index in [2.05, 4.69) is 5.92 Å². The Morgan fingerprint density at radius 3 is 2.29 bits per heavy atom. The fourth-order valence-corrected chi connectivity index (χ4v) is 7.80. The normalized spacial score (nSPS) is 43.0. The van der Waals surface area contributed by atoms with Crippen LogP contribution in [0.4, 0.5) is 0 Å². The second kappa shape index (κ2) is 15.2. The highest BCUT2D eigenvalue weighted by Crippen LogP contribution is 2.43. The Hall–Kier alpha value is -2.40. The second-order valence-corrected chi connectivity index (χ2v) is 14.8. The molecule has 11 heteroatoms. The summed E-state index contributed by atoms with van der Waals surface area (Å²) in [5, 5.41) is 45.9. The molecule has 4 rings (SSSR count). The van der Waals surface area contributed by atoms with Gasteiger partial charge in [0.05, 0.1) is 42.5 Å². The van der Waals surface area contributed by atoms with E-state index in [4.69, 9.17) is 25.4 Å². The van der Waals surface area contributed by atoms with E-state index in [1.807, 2.05) is 43.1 Å². The number of fused-ring (bicyclic) bond motifs is 2. The van der Waals surface area contributed by atoms with Gasteiger partial charge in [-0.25, -0.2) is 0 Å². The molecule has 4 N–H and O–H groups in total. The standard InChI is InChI=1S/C37H55NO10/c1-10-24-12-14-25(15-13-24)18-38(9)27-16-20(3)46-35(31(27)41)48-33-22(5)29(39)23(6)34(43)47-28(11-2)37(8,44)32(42)21(4)30(40)26-17-36(33,7)45-19-26/h1,12-15,20-23,26-29,31-33,35,39,41-42,44H,11,16-19H2,2-9H3/t20-,21+,22+,23-,26+,27+,28-,29+,31-,32-,33-,35+,36-,37-/m1/s1. The monoisotopic (exact) mass is 673 g/mol. The van der Waals surface area contributed by atoms with Gasteiger partial charge in [0.1, 0.15) is 23.6 Å². The van der Waals surface area contributed by atoms with Crippen molar-refractivity contribution in [3.63, 3.8) is 0 Å². The van der Waals surface area contributed by atoms with E-state index in [1.54, 1.807) is 27.7 Å². The van der Waals surface area contributed by atoms with Crippen LogP contribution < -0.4 is 0 Å². The number of carbonyl (C=O) groups is 2. The van der Waals surface area contributed by atoms with Gasteiger partial charge in [0, 0.05) is 35.9 Å². The lowest BCUT2D eigenvalue weighted by molar-refractivity contribution is -0.299. The molecule has 11 nitrogen and oxygen atoms in total. The second-order valence-electron chi connectivity index (χ2n) is 14.8. The van der Waals surface area contributed by atoms with Crippen molar-refractivity contribution in [1.82, 2.24) is 4.90 Å². The molecule has 0 saturated carbocycles. The Morgan fingerprint density at radius 2 is 1.69 bits per heavy atom. The van der Waals surface area contributed by atoms with Crippen LogP contribution in [0.3, 0.4) is 0 Å². The largest absolute Gasteiger partial charge is 0.459 e. The quantitative estimate of drug-likeness (QED) is 0.260. The van der Waals surface area contributed by atoms with Crippen molar-refractivity contribution in [3.8, 4) is 12.3 Å². The average molecular weight is 674 g/mol. The topological polar surface area (TPSA) is 155 Å². The summed E-state index contributed by atoms with van der Waals surface area (Å²) in [7, 11) is 1.92. The van der Waals surface area contributed by atoms with Crippen LogP contribution in [0.15, 0.2) is 24.3 Å². The summed E-state index contributed by atoms with van der Waals surface area (Å²) in [6.45, 7) is 12.1. The number of nitrogens with zero attached hydrogens (tertiary/aromatic N) is 1. The van der Waals surface area contributed by atoms with Gasteiger partial charge in [-0.1, -0.05) is 38.8 Å². The van der Waals surface area contributed by atoms with Gasteiger partial charge in [-0.2, -0.15) is 0 Å². The number of ketones is 1. The number of rotatable bonds is 6. The van der Waals surface area contributed by atoms with Crippen LogP contribution >= 0.6 is 0 Å². The summed E-state index contributed by atoms with van der Waals surface area (Å²) >= 11 is 0. The highest BCUT2D eigenvalue weighted by molar-refractivity contribution is 5.84. The van der Waals surface area contributed by atoms with E-state index in [-0.39, 0.29) is 37.4 Å². The molecule has 0 aromatic heterocycles. The van der Waals surface area contributed by atoms with Crippen LogP contribution in [0.2, 0.25) is 0 Å². The number of carbonyl (C=O) groups excluding carboxylic acids is 2. The first-order valence-corrected chi connectivity index (χ1v) is 17.2. The summed E-state index contributed by atoms with van der Waals surface area (Å²) in [5.41, 5.74) is -1.25. The zero-order valence-corrected chi connectivity index (χ0v) is 29.5. The molecule has 3 fully saturated rings. The van der Waals surface area contributed by atoms with Crippen LogP contribution in [0, 0.1) is 36.0 Å². The van der Waals surface area contributed by atoms with Crippen molar-refractivity contribution in [2.45, 2.75) is 134 Å². The van der Waals surface area contributed by atoms with Crippen LogP contribution in [-0.4, -0.2) is 111 Å². The maximum absolute atomic E-state index is 13.7. The molecule has 48 heavy (non-hydrogen) atoms. The summed E-state index contributed by atoms with van der Waals surface area (Å²) in [4.78, 5) is 29.2. The number of likely N-dealkylation sites (N-methyl/N-ethyl adjacent to an activating group) is 1. The molecule has 268 valence electrons. The van der Waals surface area contributed by atoms with Gasteiger partial charge in [-0.05, 0) is 71.7 Å². The van der Waals surface area contributed by atoms with E-state index in [0.717, 1.165) is 11.1 Å². The van der Waals surface area contributed by atoms with Gasteiger partial charge in [0.15, 0.2) is 6.29 Å². The van der Waals surface area contributed by atoms with Gasteiger partial charge in [-0.15, -0.1) is 6.42 Å². The molecule has 0 aliphatic carbocycles. The van der Waals surface area contributed by atoms with Crippen molar-refractivity contribution >= 4 is 11.8 Å². The number of cyclic esters (lactones) is 1. The third-order valence-corrected chi connectivity index (χ3v) is 11.0. The van der Waals surface area contributed by atoms with Crippen LogP contribution in [0.25, 0.3) is 0 Å². The number of benzene rings is 1. The smallest absolute Gasteiger partial charge is 0.311 e. The number of Topliss-reactive ketones (excluding diaryl/α,β-unsaturated/α-hetero) is 1. The Labute approximate surface area is 284 Å². The molecular weight excluding hydrogens is 618 g/mol. The first-order valence-electron chi connectivity index (χ1n) is 17.2. The van der Waals surface area contributed by atoms with E-state index >= 15 is 0 Å². The van der Waals surface area contributed by atoms with Crippen LogP contribution in [0.5, 0.6) is 0 Å². The number of ether oxygens (including phenoxy) is 4. The summed E-state index contributed by atoms with van der Waals surface area (Å²) < 4.78 is 24.8. The maximum atomic E-state index is 13.7. The number of aliphatic hydroxyl groups is 4. The molecule has 0 unspecified atom stereocenters. The van der Waals surface area contributed by atoms with Gasteiger partial charge < -0.3 is 39.4 Å². The SMILES string of the molecule is C#Cc1ccc(CN(C)[C@H]2C[C@@H](C)O[C@@H](O[C@@H]3[C@@H](C)[C@H](O)[C@@H](C)C(=O)O[C@H](CC)[C@@](C)(O)[C@H](O)[C@@H](C)C(=O)[C@@H]4CO[C@]3(C)C4)[C@@H]2O)cc1. The summed E-state index contributed by atoms with van der Waals surface area (Å²) in [5.74, 6) is -1.88. The first-order chi connectivity index (χ1) is 22.4. The lowest BCUT2D eigenvalue weighted by Crippen LogP contribution is -2.59. The molecule has 14 atom stereocenters. The van der Waals surface area contributed by atoms with Crippen molar-refractivity contribution in [2.75, 3.05) is 13.7 Å². The maximum Gasteiger partial charge on any atom is 0.311 e. The molecule has 3 saturated heterocycles. The van der Waals surface area contributed by atoms with Crippen molar-refractivity contribution < 1.29 is 49.0 Å². The van der Waals surface area contributed by atoms with E-state index in [9.17, 15) is 30.0 Å². The predicted octanol–water partition coefficient (Wildman–Crippen LogP) is 2.43.